The van der Waals surface area contributed by atoms with Crippen molar-refractivity contribution < 1.29 is 0 Å². The van der Waals surface area contributed by atoms with E-state index in [-0.39, 0.29) is 0 Å². The fourth-order valence-corrected chi connectivity index (χ4v) is 2.84. The molecule has 1 atom stereocenters. The maximum atomic E-state index is 4.00. The first-order valence-corrected chi connectivity index (χ1v) is 8.06. The molecule has 0 nitrogen and oxygen atoms in total. The molecule has 0 bridgehead atoms. The summed E-state index contributed by atoms with van der Waals surface area (Å²) in [5.74, 6) is 0. The highest BCUT2D eigenvalue weighted by Crippen LogP contribution is 2.38. The van der Waals surface area contributed by atoms with Crippen LogP contribution >= 0.6 is 0 Å². The van der Waals surface area contributed by atoms with E-state index in [2.05, 4.69) is 58.6 Å². The summed E-state index contributed by atoms with van der Waals surface area (Å²) >= 11 is 0. The van der Waals surface area contributed by atoms with Crippen molar-refractivity contribution in [2.45, 2.75) is 72.6 Å². The Labute approximate surface area is 126 Å². The summed E-state index contributed by atoms with van der Waals surface area (Å²) in [5.41, 5.74) is 4.93. The summed E-state index contributed by atoms with van der Waals surface area (Å²) in [6.45, 7) is 13.0. The first kappa shape index (κ1) is 17.0. The van der Waals surface area contributed by atoms with Crippen molar-refractivity contribution >= 4 is 0 Å². The van der Waals surface area contributed by atoms with E-state index >= 15 is 0 Å². The molecule has 0 amide bonds. The monoisotopic (exact) mass is 272 g/mol. The molecule has 0 saturated carbocycles. The number of hydrogen-bond donors (Lipinski definition) is 0. The van der Waals surface area contributed by atoms with Crippen LogP contribution in [0.15, 0.2) is 47.6 Å². The van der Waals surface area contributed by atoms with Crippen LogP contribution in [-0.2, 0) is 0 Å². The van der Waals surface area contributed by atoms with E-state index < -0.39 is 0 Å². The molecule has 0 saturated heterocycles. The summed E-state index contributed by atoms with van der Waals surface area (Å²) in [5, 5.41) is 0. The average molecular weight is 272 g/mol. The highest BCUT2D eigenvalue weighted by atomic mass is 14.3. The quantitative estimate of drug-likeness (QED) is 0.449. The van der Waals surface area contributed by atoms with Gasteiger partial charge in [0.1, 0.15) is 0 Å². The minimum atomic E-state index is 0.340. The topological polar surface area (TPSA) is 0 Å². The van der Waals surface area contributed by atoms with Gasteiger partial charge in [0.05, 0.1) is 0 Å². The zero-order valence-corrected chi connectivity index (χ0v) is 14.0. The van der Waals surface area contributed by atoms with Crippen LogP contribution < -0.4 is 0 Å². The largest absolute Gasteiger partial charge is 0.103 e. The first-order chi connectivity index (χ1) is 9.45. The highest BCUT2D eigenvalue weighted by molar-refractivity contribution is 5.15. The first-order valence-electron chi connectivity index (χ1n) is 8.06. The van der Waals surface area contributed by atoms with Crippen molar-refractivity contribution in [2.75, 3.05) is 0 Å². The van der Waals surface area contributed by atoms with Crippen molar-refractivity contribution in [3.63, 3.8) is 0 Å². The molecule has 0 radical (unpaired) electrons. The van der Waals surface area contributed by atoms with Crippen molar-refractivity contribution in [3.8, 4) is 0 Å². The van der Waals surface area contributed by atoms with Gasteiger partial charge in [-0.1, -0.05) is 47.9 Å². The molecule has 1 aliphatic carbocycles. The zero-order chi connectivity index (χ0) is 15.0. The highest BCUT2D eigenvalue weighted by Gasteiger charge is 2.23. The lowest BCUT2D eigenvalue weighted by Gasteiger charge is -2.30. The third-order valence-electron chi connectivity index (χ3n) is 4.32. The van der Waals surface area contributed by atoms with Crippen molar-refractivity contribution in [3.05, 3.63) is 47.6 Å². The van der Waals surface area contributed by atoms with Gasteiger partial charge in [-0.2, -0.15) is 0 Å². The van der Waals surface area contributed by atoms with Gasteiger partial charge >= 0.3 is 0 Å². The van der Waals surface area contributed by atoms with Crippen LogP contribution in [0.5, 0.6) is 0 Å². The van der Waals surface area contributed by atoms with Gasteiger partial charge < -0.3 is 0 Å². The lowest BCUT2D eigenvalue weighted by molar-refractivity contribution is 0.370. The van der Waals surface area contributed by atoms with Gasteiger partial charge in [0, 0.05) is 0 Å². The van der Waals surface area contributed by atoms with Crippen LogP contribution in [0.2, 0.25) is 0 Å². The molecular formula is C20H32. The SMILES string of the molecule is C=C[C@@]1(C)CCC=C(CC/C=C(\C)CCC=C(C)C)C1. The van der Waals surface area contributed by atoms with E-state index in [1.165, 1.54) is 56.1 Å². The Morgan fingerprint density at radius 3 is 2.65 bits per heavy atom. The maximum absolute atomic E-state index is 4.00. The molecule has 0 heteroatoms. The van der Waals surface area contributed by atoms with Crippen molar-refractivity contribution in [2.24, 2.45) is 5.41 Å². The van der Waals surface area contributed by atoms with E-state index in [1.54, 1.807) is 5.57 Å². The molecule has 0 heterocycles. The molecule has 0 N–H and O–H groups in total. The summed E-state index contributed by atoms with van der Waals surface area (Å²) in [4.78, 5) is 0. The Kier molecular flexibility index (Phi) is 7.05. The molecule has 0 aliphatic heterocycles. The van der Waals surface area contributed by atoms with E-state index in [4.69, 9.17) is 0 Å². The molecule has 0 fully saturated rings. The molecule has 112 valence electrons. The Bertz CT molecular complexity index is 402. The fourth-order valence-electron chi connectivity index (χ4n) is 2.84. The summed E-state index contributed by atoms with van der Waals surface area (Å²) in [6.07, 6.45) is 17.9. The molecule has 0 aromatic carbocycles. The molecule has 20 heavy (non-hydrogen) atoms. The number of rotatable bonds is 7. The normalized spacial score (nSPS) is 23.2. The third-order valence-corrected chi connectivity index (χ3v) is 4.32. The predicted molar refractivity (Wildman–Crippen MR) is 91.9 cm³/mol. The smallest absolute Gasteiger partial charge is 0.0109 e. The van der Waals surface area contributed by atoms with Crippen molar-refractivity contribution in [1.29, 1.82) is 0 Å². The van der Waals surface area contributed by atoms with Gasteiger partial charge in [-0.25, -0.2) is 0 Å². The van der Waals surface area contributed by atoms with E-state index in [9.17, 15) is 0 Å². The third kappa shape index (κ3) is 6.41. The minimum absolute atomic E-state index is 0.340. The lowest BCUT2D eigenvalue weighted by atomic mass is 9.75. The van der Waals surface area contributed by atoms with Gasteiger partial charge in [0.25, 0.3) is 0 Å². The summed E-state index contributed by atoms with van der Waals surface area (Å²) in [7, 11) is 0. The van der Waals surface area contributed by atoms with Gasteiger partial charge in [-0.05, 0) is 71.1 Å². The van der Waals surface area contributed by atoms with E-state index in [0.29, 0.717) is 5.41 Å². The molecule has 0 aromatic rings. The van der Waals surface area contributed by atoms with Crippen molar-refractivity contribution in [1.82, 2.24) is 0 Å². The zero-order valence-electron chi connectivity index (χ0n) is 14.0. The second kappa shape index (κ2) is 8.29. The standard InChI is InChI=1S/C20H32/c1-6-20(5)15-9-14-19(16-20)13-8-12-18(4)11-7-10-17(2)3/h6,10,12,14H,1,7-9,11,13,15-16H2,2-5H3/b18-12+/t20-/m0/s1. The number of hydrogen-bond acceptors (Lipinski definition) is 0. The second-order valence-electron chi connectivity index (χ2n) is 6.85. The molecule has 1 rings (SSSR count). The molecular weight excluding hydrogens is 240 g/mol. The maximum Gasteiger partial charge on any atom is -0.0109 e. The van der Waals surface area contributed by atoms with Crippen LogP contribution in [0.1, 0.15) is 72.6 Å². The average Bonchev–Trinajstić information content (AvgIpc) is 2.38. The van der Waals surface area contributed by atoms with Gasteiger partial charge in [-0.15, -0.1) is 6.58 Å². The van der Waals surface area contributed by atoms with Gasteiger partial charge in [0.2, 0.25) is 0 Å². The molecule has 1 aliphatic rings. The van der Waals surface area contributed by atoms with Gasteiger partial charge in [0.15, 0.2) is 0 Å². The Morgan fingerprint density at radius 2 is 2.00 bits per heavy atom. The molecule has 0 spiro atoms. The number of allylic oxidation sites excluding steroid dienone is 7. The fraction of sp³-hybridized carbons (Fsp3) is 0.600. The van der Waals surface area contributed by atoms with E-state index in [1.807, 2.05) is 0 Å². The molecule has 0 unspecified atom stereocenters. The van der Waals surface area contributed by atoms with Crippen LogP contribution in [-0.4, -0.2) is 0 Å². The van der Waals surface area contributed by atoms with Crippen LogP contribution in [0.25, 0.3) is 0 Å². The summed E-state index contributed by atoms with van der Waals surface area (Å²) < 4.78 is 0. The van der Waals surface area contributed by atoms with Crippen LogP contribution in [0.3, 0.4) is 0 Å². The summed E-state index contributed by atoms with van der Waals surface area (Å²) in [6, 6.07) is 0. The Balaban J connectivity index is 2.34. The Hall–Kier alpha value is -1.04. The van der Waals surface area contributed by atoms with Crippen LogP contribution in [0.4, 0.5) is 0 Å². The second-order valence-corrected chi connectivity index (χ2v) is 6.85. The van der Waals surface area contributed by atoms with Gasteiger partial charge in [-0.3, -0.25) is 0 Å². The Morgan fingerprint density at radius 1 is 1.25 bits per heavy atom. The van der Waals surface area contributed by atoms with E-state index in [0.717, 1.165) is 0 Å². The predicted octanol–water partition coefficient (Wildman–Crippen LogP) is 6.76. The molecule has 0 aromatic heterocycles. The minimum Gasteiger partial charge on any atom is -0.103 e. The van der Waals surface area contributed by atoms with Crippen LogP contribution in [0, 0.1) is 5.41 Å². The lowest BCUT2D eigenvalue weighted by Crippen LogP contribution is -2.17.